The van der Waals surface area contributed by atoms with Crippen LogP contribution in [0.2, 0.25) is 0 Å². The third kappa shape index (κ3) is 3.97. The number of carbonyl (C=O) groups excluding carboxylic acids is 1. The number of nitrogens with one attached hydrogen (secondary N) is 1. The summed E-state index contributed by atoms with van der Waals surface area (Å²) in [6.07, 6.45) is 1.63. The van der Waals surface area contributed by atoms with E-state index in [0.717, 1.165) is 0 Å². The largest absolute Gasteiger partial charge is 0.492 e. The van der Waals surface area contributed by atoms with Gasteiger partial charge in [-0.05, 0) is 45.3 Å². The smallest absolute Gasteiger partial charge is 0.400 e. The molecule has 0 atom stereocenters. The predicted molar refractivity (Wildman–Crippen MR) is 93.6 cm³/mol. The van der Waals surface area contributed by atoms with E-state index in [4.69, 9.17) is 15.0 Å². The zero-order valence-corrected chi connectivity index (χ0v) is 14.8. The van der Waals surface area contributed by atoms with Gasteiger partial charge >= 0.3 is 7.12 Å². The highest BCUT2D eigenvalue weighted by molar-refractivity contribution is 6.56. The molecule has 7 heteroatoms. The minimum atomic E-state index is -0.668. The molecule has 1 amide bonds. The van der Waals surface area contributed by atoms with E-state index in [-0.39, 0.29) is 12.5 Å². The van der Waals surface area contributed by atoms with Crippen molar-refractivity contribution in [3.8, 4) is 0 Å². The number of amides is 1. The van der Waals surface area contributed by atoms with Crippen molar-refractivity contribution in [1.82, 2.24) is 5.32 Å². The van der Waals surface area contributed by atoms with Crippen molar-refractivity contribution >= 4 is 24.8 Å². The van der Waals surface area contributed by atoms with Crippen LogP contribution < -0.4 is 11.1 Å². The number of benzene rings is 1. The summed E-state index contributed by atoms with van der Waals surface area (Å²) in [7, 11) is -0.668. The Hall–Kier alpha value is -1.86. The Morgan fingerprint density at radius 1 is 1.29 bits per heavy atom. The van der Waals surface area contributed by atoms with Gasteiger partial charge in [0.2, 0.25) is 5.91 Å². The number of carbonyl (C=O) groups is 1. The molecule has 1 aliphatic heterocycles. The van der Waals surface area contributed by atoms with E-state index in [9.17, 15) is 9.18 Å². The van der Waals surface area contributed by atoms with Gasteiger partial charge in [0.15, 0.2) is 0 Å². The summed E-state index contributed by atoms with van der Waals surface area (Å²) in [5, 5.41) is 2.71. The molecule has 0 unspecified atom stereocenters. The molecule has 0 bridgehead atoms. The monoisotopic (exact) mass is 334 g/mol. The minimum Gasteiger partial charge on any atom is -0.400 e. The molecule has 2 rings (SSSR count). The molecule has 1 aliphatic rings. The molecule has 1 aromatic carbocycles. The highest BCUT2D eigenvalue weighted by Gasteiger charge is 2.52. The molecular formula is C17H24BFN2O3. The number of halogens is 1. The molecular weight excluding hydrogens is 310 g/mol. The van der Waals surface area contributed by atoms with E-state index >= 15 is 0 Å². The number of hydrogen-bond acceptors (Lipinski definition) is 4. The van der Waals surface area contributed by atoms with Crippen molar-refractivity contribution in [3.63, 3.8) is 0 Å². The Labute approximate surface area is 142 Å². The molecule has 1 fully saturated rings. The van der Waals surface area contributed by atoms with Gasteiger partial charge in [-0.3, -0.25) is 4.79 Å². The van der Waals surface area contributed by atoms with Crippen LogP contribution in [0.1, 0.15) is 40.2 Å². The predicted octanol–water partition coefficient (Wildman–Crippen LogP) is 2.56. The zero-order chi connectivity index (χ0) is 18.1. The van der Waals surface area contributed by atoms with Gasteiger partial charge in [0.1, 0.15) is 5.82 Å². The van der Waals surface area contributed by atoms with E-state index in [1.54, 1.807) is 18.2 Å². The Morgan fingerprint density at radius 2 is 1.88 bits per heavy atom. The fourth-order valence-electron chi connectivity index (χ4n) is 2.28. The second-order valence-electron chi connectivity index (χ2n) is 7.00. The first-order valence-corrected chi connectivity index (χ1v) is 7.87. The van der Waals surface area contributed by atoms with E-state index in [1.807, 2.05) is 27.7 Å². The van der Waals surface area contributed by atoms with Crippen molar-refractivity contribution in [2.75, 3.05) is 12.3 Å². The van der Waals surface area contributed by atoms with E-state index in [0.29, 0.717) is 16.7 Å². The summed E-state index contributed by atoms with van der Waals surface area (Å²) in [6, 6.07) is 4.46. The Balaban J connectivity index is 2.35. The van der Waals surface area contributed by atoms with Gasteiger partial charge in [0, 0.05) is 24.7 Å². The maximum atomic E-state index is 14.1. The zero-order valence-electron chi connectivity index (χ0n) is 14.8. The van der Waals surface area contributed by atoms with Crippen molar-refractivity contribution in [3.05, 3.63) is 35.1 Å². The molecule has 0 saturated carbocycles. The number of nitrogens with two attached hydrogens (primary N) is 1. The molecule has 0 aromatic heterocycles. The molecule has 1 saturated heterocycles. The Morgan fingerprint density at radius 3 is 2.38 bits per heavy atom. The van der Waals surface area contributed by atoms with Crippen LogP contribution in [0.4, 0.5) is 10.1 Å². The summed E-state index contributed by atoms with van der Waals surface area (Å²) in [5.74, 6) is -0.623. The van der Waals surface area contributed by atoms with Gasteiger partial charge in [0.25, 0.3) is 0 Å². The van der Waals surface area contributed by atoms with Crippen LogP contribution in [0.15, 0.2) is 23.7 Å². The van der Waals surface area contributed by atoms with Gasteiger partial charge in [-0.15, -0.1) is 0 Å². The maximum Gasteiger partial charge on any atom is 0.492 e. The minimum absolute atomic E-state index is 0.185. The lowest BCUT2D eigenvalue weighted by molar-refractivity contribution is -0.118. The van der Waals surface area contributed by atoms with Gasteiger partial charge in [-0.25, -0.2) is 4.39 Å². The summed E-state index contributed by atoms with van der Waals surface area (Å²) < 4.78 is 26.1. The van der Waals surface area contributed by atoms with Crippen LogP contribution in [-0.4, -0.2) is 30.8 Å². The van der Waals surface area contributed by atoms with Crippen molar-refractivity contribution in [2.45, 2.75) is 45.8 Å². The lowest BCUT2D eigenvalue weighted by Gasteiger charge is -2.32. The first kappa shape index (κ1) is 18.5. The van der Waals surface area contributed by atoms with E-state index in [2.05, 4.69) is 5.32 Å². The summed E-state index contributed by atoms with van der Waals surface area (Å²) in [5.41, 5.74) is 5.88. The molecule has 1 aromatic rings. The molecule has 0 aliphatic carbocycles. The molecule has 1 heterocycles. The summed E-state index contributed by atoms with van der Waals surface area (Å²) in [6.45, 7) is 9.38. The highest BCUT2D eigenvalue weighted by atomic mass is 19.1. The number of rotatable bonds is 4. The fraction of sp³-hybridized carbons (Fsp3) is 0.471. The van der Waals surface area contributed by atoms with Crippen molar-refractivity contribution < 1.29 is 18.5 Å². The Kier molecular flexibility index (Phi) is 5.06. The second-order valence-corrected chi connectivity index (χ2v) is 7.00. The molecule has 0 spiro atoms. The van der Waals surface area contributed by atoms with Gasteiger partial charge < -0.3 is 20.4 Å². The average molecular weight is 334 g/mol. The molecule has 0 radical (unpaired) electrons. The average Bonchev–Trinajstić information content (AvgIpc) is 2.65. The van der Waals surface area contributed by atoms with Crippen LogP contribution in [0.5, 0.6) is 0 Å². The number of nitrogen functional groups attached to an aromatic ring is 1. The maximum absolute atomic E-state index is 14.1. The SMILES string of the molecule is CC(=O)NCC(=Cc1ccc(N)cc1F)B1OC(C)(C)C(C)(C)O1. The lowest BCUT2D eigenvalue weighted by Crippen LogP contribution is -2.41. The standard InChI is InChI=1S/C17H24BFN2O3/c1-11(22)21-10-13(8-12-6-7-14(20)9-15(12)19)18-23-16(2,3)17(4,5)24-18/h6-9H,10,20H2,1-5H3,(H,21,22). The van der Waals surface area contributed by atoms with Crippen molar-refractivity contribution in [2.24, 2.45) is 0 Å². The second kappa shape index (κ2) is 6.57. The fourth-order valence-corrected chi connectivity index (χ4v) is 2.28. The van der Waals surface area contributed by atoms with E-state index in [1.165, 1.54) is 13.0 Å². The molecule has 130 valence electrons. The first-order chi connectivity index (χ1) is 11.0. The van der Waals surface area contributed by atoms with Crippen LogP contribution in [0, 0.1) is 5.82 Å². The third-order valence-corrected chi connectivity index (χ3v) is 4.46. The number of anilines is 1. The van der Waals surface area contributed by atoms with Crippen LogP contribution in [0.3, 0.4) is 0 Å². The highest BCUT2D eigenvalue weighted by Crippen LogP contribution is 2.38. The molecule has 3 N–H and O–H groups in total. The lowest BCUT2D eigenvalue weighted by atomic mass is 9.77. The van der Waals surface area contributed by atoms with Crippen LogP contribution in [-0.2, 0) is 14.1 Å². The molecule has 24 heavy (non-hydrogen) atoms. The quantitative estimate of drug-likeness (QED) is 0.656. The first-order valence-electron chi connectivity index (χ1n) is 7.87. The topological polar surface area (TPSA) is 73.6 Å². The van der Waals surface area contributed by atoms with Gasteiger partial charge in [0.05, 0.1) is 11.2 Å². The van der Waals surface area contributed by atoms with Gasteiger partial charge in [-0.2, -0.15) is 0 Å². The third-order valence-electron chi connectivity index (χ3n) is 4.46. The molecule has 5 nitrogen and oxygen atoms in total. The van der Waals surface area contributed by atoms with Crippen molar-refractivity contribution in [1.29, 1.82) is 0 Å². The van der Waals surface area contributed by atoms with Gasteiger partial charge in [-0.1, -0.05) is 12.1 Å². The summed E-state index contributed by atoms with van der Waals surface area (Å²) >= 11 is 0. The van der Waals surface area contributed by atoms with Crippen LogP contribution in [0.25, 0.3) is 6.08 Å². The van der Waals surface area contributed by atoms with Crippen LogP contribution >= 0.6 is 0 Å². The normalized spacial score (nSPS) is 19.4. The Bertz CT molecular complexity index is 658. The summed E-state index contributed by atoms with van der Waals surface area (Å²) in [4.78, 5) is 11.3. The van der Waals surface area contributed by atoms with E-state index < -0.39 is 24.1 Å². The number of hydrogen-bond donors (Lipinski definition) is 2.